The van der Waals surface area contributed by atoms with Gasteiger partial charge < -0.3 is 9.80 Å². The summed E-state index contributed by atoms with van der Waals surface area (Å²) < 4.78 is 0. The van der Waals surface area contributed by atoms with Crippen molar-refractivity contribution in [1.82, 2.24) is 14.7 Å². The molecule has 0 N–H and O–H groups in total. The fourth-order valence-corrected chi connectivity index (χ4v) is 1.96. The summed E-state index contributed by atoms with van der Waals surface area (Å²) in [5.74, 6) is 0. The van der Waals surface area contributed by atoms with Crippen LogP contribution in [0.1, 0.15) is 6.42 Å². The summed E-state index contributed by atoms with van der Waals surface area (Å²) in [6.45, 7) is 10.3. The Balaban J connectivity index is 1.59. The average molecular weight is 183 g/mol. The van der Waals surface area contributed by atoms with E-state index in [1.165, 1.54) is 58.8 Å². The van der Waals surface area contributed by atoms with E-state index in [-0.39, 0.29) is 0 Å². The second-order valence-corrected chi connectivity index (χ2v) is 4.34. The minimum atomic E-state index is 1.25. The highest BCUT2D eigenvalue weighted by Crippen LogP contribution is 2.06. The fraction of sp³-hybridized carbons (Fsp3) is 1.00. The zero-order valence-electron chi connectivity index (χ0n) is 8.71. The molecule has 0 aromatic heterocycles. The lowest BCUT2D eigenvalue weighted by Gasteiger charge is -2.36. The molecule has 0 saturated carbocycles. The fourth-order valence-electron chi connectivity index (χ4n) is 1.96. The summed E-state index contributed by atoms with van der Waals surface area (Å²) in [5.41, 5.74) is 0. The van der Waals surface area contributed by atoms with E-state index in [1.807, 2.05) is 0 Å². The van der Waals surface area contributed by atoms with Crippen molar-refractivity contribution in [2.24, 2.45) is 0 Å². The van der Waals surface area contributed by atoms with Crippen LogP contribution in [0.3, 0.4) is 0 Å². The van der Waals surface area contributed by atoms with E-state index in [0.29, 0.717) is 0 Å². The highest BCUT2D eigenvalue weighted by Gasteiger charge is 2.17. The zero-order valence-corrected chi connectivity index (χ0v) is 8.71. The highest BCUT2D eigenvalue weighted by atomic mass is 15.3. The summed E-state index contributed by atoms with van der Waals surface area (Å²) in [6.07, 6.45) is 1.42. The summed E-state index contributed by atoms with van der Waals surface area (Å²) in [7, 11) is 2.22. The molecule has 0 aromatic rings. The van der Waals surface area contributed by atoms with Crippen molar-refractivity contribution in [2.45, 2.75) is 6.42 Å². The first kappa shape index (κ1) is 9.44. The molecule has 76 valence electrons. The quantitative estimate of drug-likeness (QED) is 0.607. The number of likely N-dealkylation sites (tertiary alicyclic amines) is 1. The van der Waals surface area contributed by atoms with Gasteiger partial charge >= 0.3 is 0 Å². The van der Waals surface area contributed by atoms with Gasteiger partial charge in [-0.2, -0.15) is 0 Å². The van der Waals surface area contributed by atoms with E-state index in [0.717, 1.165) is 0 Å². The first-order valence-electron chi connectivity index (χ1n) is 5.48. The zero-order chi connectivity index (χ0) is 9.10. The third-order valence-corrected chi connectivity index (χ3v) is 3.28. The topological polar surface area (TPSA) is 9.72 Å². The van der Waals surface area contributed by atoms with Crippen molar-refractivity contribution in [2.75, 3.05) is 59.4 Å². The number of piperazine rings is 1. The van der Waals surface area contributed by atoms with Gasteiger partial charge in [0.25, 0.3) is 0 Å². The second-order valence-electron chi connectivity index (χ2n) is 4.34. The molecule has 2 fully saturated rings. The molecule has 0 unspecified atom stereocenters. The van der Waals surface area contributed by atoms with E-state index in [4.69, 9.17) is 0 Å². The molecule has 0 radical (unpaired) electrons. The van der Waals surface area contributed by atoms with Gasteiger partial charge in [-0.3, -0.25) is 4.90 Å². The highest BCUT2D eigenvalue weighted by molar-refractivity contribution is 4.73. The van der Waals surface area contributed by atoms with E-state index >= 15 is 0 Å². The van der Waals surface area contributed by atoms with Crippen LogP contribution in [0.4, 0.5) is 0 Å². The van der Waals surface area contributed by atoms with Gasteiger partial charge in [-0.25, -0.2) is 0 Å². The SMILES string of the molecule is CN1CCN(CCN2CCC2)CC1. The van der Waals surface area contributed by atoms with Crippen LogP contribution in [0.2, 0.25) is 0 Å². The van der Waals surface area contributed by atoms with Crippen molar-refractivity contribution in [3.63, 3.8) is 0 Å². The van der Waals surface area contributed by atoms with Crippen molar-refractivity contribution < 1.29 is 0 Å². The first-order chi connectivity index (χ1) is 6.34. The number of nitrogens with zero attached hydrogens (tertiary/aromatic N) is 3. The lowest BCUT2D eigenvalue weighted by atomic mass is 10.2. The van der Waals surface area contributed by atoms with Crippen molar-refractivity contribution in [3.8, 4) is 0 Å². The lowest BCUT2D eigenvalue weighted by molar-refractivity contribution is 0.113. The third-order valence-electron chi connectivity index (χ3n) is 3.28. The Labute approximate surface area is 81.3 Å². The van der Waals surface area contributed by atoms with Crippen molar-refractivity contribution in [3.05, 3.63) is 0 Å². The Bertz CT molecular complexity index is 148. The normalized spacial score (nSPS) is 27.5. The number of hydrogen-bond acceptors (Lipinski definition) is 3. The minimum Gasteiger partial charge on any atom is -0.304 e. The maximum absolute atomic E-state index is 2.60. The van der Waals surface area contributed by atoms with Crippen molar-refractivity contribution >= 4 is 0 Å². The van der Waals surface area contributed by atoms with Gasteiger partial charge in [0.15, 0.2) is 0 Å². The number of likely N-dealkylation sites (N-methyl/N-ethyl adjacent to an activating group) is 1. The molecule has 0 aromatic carbocycles. The Morgan fingerprint density at radius 3 is 1.77 bits per heavy atom. The maximum atomic E-state index is 2.60. The van der Waals surface area contributed by atoms with Gasteiger partial charge in [0, 0.05) is 39.3 Å². The Kier molecular flexibility index (Phi) is 3.19. The van der Waals surface area contributed by atoms with E-state index in [1.54, 1.807) is 0 Å². The van der Waals surface area contributed by atoms with Crippen LogP contribution >= 0.6 is 0 Å². The minimum absolute atomic E-state index is 1.25. The monoisotopic (exact) mass is 183 g/mol. The van der Waals surface area contributed by atoms with Gasteiger partial charge in [0.1, 0.15) is 0 Å². The molecule has 0 aliphatic carbocycles. The molecule has 2 aliphatic heterocycles. The molecule has 2 heterocycles. The van der Waals surface area contributed by atoms with Gasteiger partial charge in [-0.05, 0) is 26.6 Å². The van der Waals surface area contributed by atoms with Crippen LogP contribution in [0, 0.1) is 0 Å². The van der Waals surface area contributed by atoms with E-state index in [9.17, 15) is 0 Å². The lowest BCUT2D eigenvalue weighted by Crippen LogP contribution is -2.48. The van der Waals surface area contributed by atoms with Gasteiger partial charge in [-0.1, -0.05) is 0 Å². The smallest absolute Gasteiger partial charge is 0.0110 e. The van der Waals surface area contributed by atoms with Crippen LogP contribution in [0.5, 0.6) is 0 Å². The van der Waals surface area contributed by atoms with Crippen LogP contribution in [-0.4, -0.2) is 74.1 Å². The number of hydrogen-bond donors (Lipinski definition) is 0. The largest absolute Gasteiger partial charge is 0.304 e. The second kappa shape index (κ2) is 4.40. The Morgan fingerprint density at radius 2 is 1.31 bits per heavy atom. The van der Waals surface area contributed by atoms with Crippen LogP contribution < -0.4 is 0 Å². The van der Waals surface area contributed by atoms with Crippen molar-refractivity contribution in [1.29, 1.82) is 0 Å². The van der Waals surface area contributed by atoms with E-state index in [2.05, 4.69) is 21.7 Å². The standard InChI is InChI=1S/C10H21N3/c1-11-5-7-13(8-6-11)10-9-12-3-2-4-12/h2-10H2,1H3. The van der Waals surface area contributed by atoms with E-state index < -0.39 is 0 Å². The van der Waals surface area contributed by atoms with Crippen LogP contribution in [-0.2, 0) is 0 Å². The molecule has 3 heteroatoms. The molecule has 2 saturated heterocycles. The molecule has 2 aliphatic rings. The summed E-state index contributed by atoms with van der Waals surface area (Å²) >= 11 is 0. The summed E-state index contributed by atoms with van der Waals surface area (Å²) in [4.78, 5) is 7.57. The predicted octanol–water partition coefficient (Wildman–Crippen LogP) is -0.0605. The molecule has 0 atom stereocenters. The average Bonchev–Trinajstić information content (AvgIpc) is 2.05. The molecule has 3 nitrogen and oxygen atoms in total. The Hall–Kier alpha value is -0.120. The molecular formula is C10H21N3. The molecular weight excluding hydrogens is 162 g/mol. The molecule has 2 rings (SSSR count). The summed E-state index contributed by atoms with van der Waals surface area (Å²) in [5, 5.41) is 0. The molecule has 0 bridgehead atoms. The predicted molar refractivity (Wildman–Crippen MR) is 55.0 cm³/mol. The van der Waals surface area contributed by atoms with Gasteiger partial charge in [-0.15, -0.1) is 0 Å². The van der Waals surface area contributed by atoms with Crippen LogP contribution in [0.15, 0.2) is 0 Å². The third kappa shape index (κ3) is 2.66. The van der Waals surface area contributed by atoms with Crippen LogP contribution in [0.25, 0.3) is 0 Å². The first-order valence-corrected chi connectivity index (χ1v) is 5.48. The Morgan fingerprint density at radius 1 is 0.769 bits per heavy atom. The molecule has 0 spiro atoms. The summed E-state index contributed by atoms with van der Waals surface area (Å²) in [6, 6.07) is 0. The number of rotatable bonds is 3. The maximum Gasteiger partial charge on any atom is 0.0110 e. The van der Waals surface area contributed by atoms with Gasteiger partial charge in [0.05, 0.1) is 0 Å². The van der Waals surface area contributed by atoms with Gasteiger partial charge in [0.2, 0.25) is 0 Å². The molecule has 13 heavy (non-hydrogen) atoms. The molecule has 0 amide bonds.